The van der Waals surface area contributed by atoms with E-state index in [1.54, 1.807) is 0 Å². The number of allylic oxidation sites excluding steroid dienone is 1. The molecule has 2 rings (SSSR count). The molecule has 2 N–H and O–H groups in total. The van der Waals surface area contributed by atoms with Crippen LogP contribution in [-0.4, -0.2) is 5.54 Å². The third kappa shape index (κ3) is 0.485. The number of fused-ring (bicyclic) bond motifs is 1. The van der Waals surface area contributed by atoms with Gasteiger partial charge in [-0.1, -0.05) is 11.6 Å². The van der Waals surface area contributed by atoms with Crippen LogP contribution >= 0.6 is 0 Å². The van der Waals surface area contributed by atoms with Gasteiger partial charge < -0.3 is 5.73 Å². The summed E-state index contributed by atoms with van der Waals surface area (Å²) in [6.45, 7) is 4.34. The largest absolute Gasteiger partial charge is 0.325 e. The summed E-state index contributed by atoms with van der Waals surface area (Å²) in [5.41, 5.74) is 7.61. The van der Waals surface area contributed by atoms with Gasteiger partial charge in [-0.3, -0.25) is 0 Å². The minimum atomic E-state index is 0.142. The van der Waals surface area contributed by atoms with Crippen LogP contribution in [-0.2, 0) is 0 Å². The normalized spacial score (nSPS) is 54.8. The Kier molecular flexibility index (Phi) is 0.755. The van der Waals surface area contributed by atoms with Gasteiger partial charge >= 0.3 is 0 Å². The first-order valence-electron chi connectivity index (χ1n) is 3.58. The Morgan fingerprint density at radius 1 is 1.78 bits per heavy atom. The van der Waals surface area contributed by atoms with Gasteiger partial charge in [0.05, 0.1) is 0 Å². The maximum Gasteiger partial charge on any atom is 0.0203 e. The van der Waals surface area contributed by atoms with Gasteiger partial charge in [0.1, 0.15) is 0 Å². The van der Waals surface area contributed by atoms with Crippen molar-refractivity contribution in [2.45, 2.75) is 25.8 Å². The molecule has 0 aromatic carbocycles. The minimum absolute atomic E-state index is 0.142. The molecular formula is C8H13N. The molecule has 0 aliphatic heterocycles. The Bertz CT molecular complexity index is 179. The van der Waals surface area contributed by atoms with E-state index in [4.69, 9.17) is 5.73 Å². The zero-order valence-corrected chi connectivity index (χ0v) is 6.02. The smallest absolute Gasteiger partial charge is 0.0203 e. The van der Waals surface area contributed by atoms with E-state index in [0.29, 0.717) is 0 Å². The maximum absolute atomic E-state index is 5.96. The molecule has 2 unspecified atom stereocenters. The molecule has 0 bridgehead atoms. The van der Waals surface area contributed by atoms with E-state index in [9.17, 15) is 0 Å². The Hall–Kier alpha value is -0.300. The second kappa shape index (κ2) is 1.24. The summed E-state index contributed by atoms with van der Waals surface area (Å²) in [6, 6.07) is 0. The van der Waals surface area contributed by atoms with Crippen molar-refractivity contribution < 1.29 is 0 Å². The van der Waals surface area contributed by atoms with Gasteiger partial charge in [-0.25, -0.2) is 0 Å². The van der Waals surface area contributed by atoms with Crippen molar-refractivity contribution in [3.8, 4) is 0 Å². The fourth-order valence-electron chi connectivity index (χ4n) is 2.42. The third-order valence-corrected chi connectivity index (χ3v) is 2.78. The van der Waals surface area contributed by atoms with E-state index in [1.165, 1.54) is 12.0 Å². The molecule has 0 radical (unpaired) electrons. The third-order valence-electron chi connectivity index (χ3n) is 2.78. The quantitative estimate of drug-likeness (QED) is 0.483. The summed E-state index contributed by atoms with van der Waals surface area (Å²) in [4.78, 5) is 0. The van der Waals surface area contributed by atoms with Crippen LogP contribution in [0.4, 0.5) is 0 Å². The standard InChI is InChI=1S/C8H13N/c1-5-3-6-4-8(2,9)7(5)6/h3,6-7H,4,9H2,1-2H3/t6?,7?,8-/m0/s1. The molecule has 2 aliphatic carbocycles. The highest BCUT2D eigenvalue weighted by Gasteiger charge is 2.52. The molecule has 0 spiro atoms. The summed E-state index contributed by atoms with van der Waals surface area (Å²) in [5.74, 6) is 1.58. The van der Waals surface area contributed by atoms with Crippen molar-refractivity contribution in [2.75, 3.05) is 0 Å². The molecule has 1 heteroatoms. The van der Waals surface area contributed by atoms with Crippen LogP contribution in [0.3, 0.4) is 0 Å². The highest BCUT2D eigenvalue weighted by Crippen LogP contribution is 2.53. The molecular weight excluding hydrogens is 110 g/mol. The van der Waals surface area contributed by atoms with Gasteiger partial charge in [0, 0.05) is 11.5 Å². The van der Waals surface area contributed by atoms with Crippen LogP contribution < -0.4 is 5.73 Å². The average molecular weight is 123 g/mol. The molecule has 1 fully saturated rings. The Morgan fingerprint density at radius 2 is 2.44 bits per heavy atom. The van der Waals surface area contributed by atoms with Crippen LogP contribution in [0.15, 0.2) is 11.6 Å². The second-order valence-electron chi connectivity index (χ2n) is 3.76. The van der Waals surface area contributed by atoms with E-state index >= 15 is 0 Å². The molecule has 50 valence electrons. The van der Waals surface area contributed by atoms with Gasteiger partial charge in [0.15, 0.2) is 0 Å². The Balaban J connectivity index is 2.21. The van der Waals surface area contributed by atoms with Crippen LogP contribution in [0.2, 0.25) is 0 Å². The first-order valence-corrected chi connectivity index (χ1v) is 3.58. The van der Waals surface area contributed by atoms with Gasteiger partial charge in [-0.2, -0.15) is 0 Å². The van der Waals surface area contributed by atoms with Crippen LogP contribution in [0.5, 0.6) is 0 Å². The van der Waals surface area contributed by atoms with Crippen molar-refractivity contribution >= 4 is 0 Å². The predicted octanol–water partition coefficient (Wildman–Crippen LogP) is 1.30. The molecule has 0 aromatic heterocycles. The Labute approximate surface area is 55.9 Å². The predicted molar refractivity (Wildman–Crippen MR) is 37.9 cm³/mol. The highest BCUT2D eigenvalue weighted by atomic mass is 14.8. The molecule has 1 saturated carbocycles. The van der Waals surface area contributed by atoms with Gasteiger partial charge in [-0.05, 0) is 26.2 Å². The SMILES string of the molecule is CC1=CC2C[C@](C)(N)C12. The van der Waals surface area contributed by atoms with Crippen LogP contribution in [0.1, 0.15) is 20.3 Å². The van der Waals surface area contributed by atoms with Crippen molar-refractivity contribution in [2.24, 2.45) is 17.6 Å². The number of nitrogens with two attached hydrogens (primary N) is 1. The lowest BCUT2D eigenvalue weighted by Gasteiger charge is -2.56. The fraction of sp³-hybridized carbons (Fsp3) is 0.750. The lowest BCUT2D eigenvalue weighted by molar-refractivity contribution is 0.0874. The number of hydrogen-bond donors (Lipinski definition) is 1. The van der Waals surface area contributed by atoms with E-state index in [0.717, 1.165) is 11.8 Å². The van der Waals surface area contributed by atoms with Crippen molar-refractivity contribution in [1.82, 2.24) is 0 Å². The summed E-state index contributed by atoms with van der Waals surface area (Å²) >= 11 is 0. The number of rotatable bonds is 0. The summed E-state index contributed by atoms with van der Waals surface area (Å²) < 4.78 is 0. The average Bonchev–Trinajstić information content (AvgIpc) is 1.60. The van der Waals surface area contributed by atoms with E-state index in [1.807, 2.05) is 0 Å². The monoisotopic (exact) mass is 123 g/mol. The topological polar surface area (TPSA) is 26.0 Å². The lowest BCUT2D eigenvalue weighted by Crippen LogP contribution is -2.61. The van der Waals surface area contributed by atoms with E-state index in [-0.39, 0.29) is 5.54 Å². The zero-order chi connectivity index (χ0) is 6.65. The summed E-state index contributed by atoms with van der Waals surface area (Å²) in [5, 5.41) is 0. The van der Waals surface area contributed by atoms with E-state index in [2.05, 4.69) is 19.9 Å². The van der Waals surface area contributed by atoms with E-state index < -0.39 is 0 Å². The van der Waals surface area contributed by atoms with Gasteiger partial charge in [0.25, 0.3) is 0 Å². The minimum Gasteiger partial charge on any atom is -0.325 e. The molecule has 3 atom stereocenters. The fourth-order valence-corrected chi connectivity index (χ4v) is 2.42. The first kappa shape index (κ1) is 5.48. The summed E-state index contributed by atoms with van der Waals surface area (Å²) in [7, 11) is 0. The molecule has 2 aliphatic rings. The highest BCUT2D eigenvalue weighted by molar-refractivity contribution is 5.32. The lowest BCUT2D eigenvalue weighted by atomic mass is 9.51. The first-order chi connectivity index (χ1) is 4.11. The molecule has 0 heterocycles. The van der Waals surface area contributed by atoms with Crippen molar-refractivity contribution in [3.63, 3.8) is 0 Å². The second-order valence-corrected chi connectivity index (χ2v) is 3.76. The summed E-state index contributed by atoms with van der Waals surface area (Å²) in [6.07, 6.45) is 3.55. The van der Waals surface area contributed by atoms with Crippen LogP contribution in [0.25, 0.3) is 0 Å². The number of hydrogen-bond acceptors (Lipinski definition) is 1. The Morgan fingerprint density at radius 3 is 2.67 bits per heavy atom. The zero-order valence-electron chi connectivity index (χ0n) is 6.02. The van der Waals surface area contributed by atoms with Crippen molar-refractivity contribution in [1.29, 1.82) is 0 Å². The molecule has 1 nitrogen and oxygen atoms in total. The molecule has 9 heavy (non-hydrogen) atoms. The molecule has 0 aromatic rings. The van der Waals surface area contributed by atoms with Gasteiger partial charge in [0.2, 0.25) is 0 Å². The molecule has 0 amide bonds. The van der Waals surface area contributed by atoms with Gasteiger partial charge in [-0.15, -0.1) is 0 Å². The maximum atomic E-state index is 5.96. The molecule has 0 saturated heterocycles. The van der Waals surface area contributed by atoms with Crippen molar-refractivity contribution in [3.05, 3.63) is 11.6 Å². The van der Waals surface area contributed by atoms with Crippen LogP contribution in [0, 0.1) is 11.8 Å².